The second-order valence-corrected chi connectivity index (χ2v) is 7.10. The van der Waals surface area contributed by atoms with Crippen molar-refractivity contribution in [1.82, 2.24) is 0 Å². The number of morpholine rings is 1. The SMILES string of the molecule is CC1=NN(c2cccc(C(F)(F)F)c2)C(=O)/C1=C\c1ccc(N2CCOCC2)cc1. The molecule has 1 saturated heterocycles. The van der Waals surface area contributed by atoms with Crippen molar-refractivity contribution in [1.29, 1.82) is 0 Å². The van der Waals surface area contributed by atoms with Crippen LogP contribution in [-0.2, 0) is 15.7 Å². The summed E-state index contributed by atoms with van der Waals surface area (Å²) in [6, 6.07) is 12.4. The molecule has 2 aliphatic rings. The number of rotatable bonds is 3. The summed E-state index contributed by atoms with van der Waals surface area (Å²) in [5.41, 5.74) is 1.96. The normalized spacial score (nSPS) is 18.9. The molecule has 2 aromatic rings. The van der Waals surface area contributed by atoms with Crippen LogP contribution in [0.3, 0.4) is 0 Å². The monoisotopic (exact) mass is 415 g/mol. The fourth-order valence-electron chi connectivity index (χ4n) is 3.44. The fraction of sp³-hybridized carbons (Fsp3) is 0.273. The molecule has 0 bridgehead atoms. The molecule has 8 heteroatoms. The largest absolute Gasteiger partial charge is 0.416 e. The van der Waals surface area contributed by atoms with Gasteiger partial charge in [0, 0.05) is 18.8 Å². The molecule has 0 aromatic heterocycles. The summed E-state index contributed by atoms with van der Waals surface area (Å²) < 4.78 is 44.4. The van der Waals surface area contributed by atoms with Crippen molar-refractivity contribution in [3.05, 3.63) is 65.2 Å². The summed E-state index contributed by atoms with van der Waals surface area (Å²) in [6.45, 7) is 4.72. The van der Waals surface area contributed by atoms with E-state index in [1.54, 1.807) is 13.0 Å². The zero-order valence-electron chi connectivity index (χ0n) is 16.3. The van der Waals surface area contributed by atoms with Crippen LogP contribution in [0, 0.1) is 0 Å². The van der Waals surface area contributed by atoms with Crippen molar-refractivity contribution in [2.75, 3.05) is 36.2 Å². The first kappa shape index (κ1) is 20.2. The summed E-state index contributed by atoms with van der Waals surface area (Å²) in [6.07, 6.45) is -2.78. The van der Waals surface area contributed by atoms with E-state index >= 15 is 0 Å². The van der Waals surface area contributed by atoms with Crippen LogP contribution in [0.5, 0.6) is 0 Å². The number of anilines is 2. The van der Waals surface area contributed by atoms with Crippen molar-refractivity contribution >= 4 is 29.1 Å². The topological polar surface area (TPSA) is 45.1 Å². The molecular formula is C22H20F3N3O2. The van der Waals surface area contributed by atoms with Crippen LogP contribution in [0.25, 0.3) is 6.08 Å². The van der Waals surface area contributed by atoms with Gasteiger partial charge in [-0.25, -0.2) is 0 Å². The van der Waals surface area contributed by atoms with Gasteiger partial charge in [0.15, 0.2) is 0 Å². The molecule has 0 atom stereocenters. The Kier molecular flexibility index (Phi) is 5.34. The first-order valence-corrected chi connectivity index (χ1v) is 9.55. The Balaban J connectivity index is 1.55. The van der Waals surface area contributed by atoms with Crippen molar-refractivity contribution in [2.24, 2.45) is 5.10 Å². The maximum atomic E-state index is 13.0. The number of alkyl halides is 3. The van der Waals surface area contributed by atoms with Gasteiger partial charge in [-0.1, -0.05) is 18.2 Å². The Hall–Kier alpha value is -3.13. The van der Waals surface area contributed by atoms with Crippen LogP contribution in [0.15, 0.2) is 59.2 Å². The maximum absolute atomic E-state index is 13.0. The third-order valence-electron chi connectivity index (χ3n) is 5.06. The summed E-state index contributed by atoms with van der Waals surface area (Å²) in [5.74, 6) is -0.455. The van der Waals surface area contributed by atoms with Crippen LogP contribution in [-0.4, -0.2) is 37.9 Å². The number of halogens is 3. The molecule has 30 heavy (non-hydrogen) atoms. The molecule has 1 amide bonds. The number of hydrogen-bond acceptors (Lipinski definition) is 4. The molecule has 156 valence electrons. The molecule has 5 nitrogen and oxygen atoms in total. The molecule has 0 unspecified atom stereocenters. The first-order valence-electron chi connectivity index (χ1n) is 9.55. The molecule has 0 saturated carbocycles. The van der Waals surface area contributed by atoms with Crippen LogP contribution in [0.2, 0.25) is 0 Å². The molecule has 0 spiro atoms. The minimum atomic E-state index is -4.49. The van der Waals surface area contributed by atoms with Crippen molar-refractivity contribution in [3.8, 4) is 0 Å². The van der Waals surface area contributed by atoms with Crippen LogP contribution < -0.4 is 9.91 Å². The maximum Gasteiger partial charge on any atom is 0.416 e. The van der Waals surface area contributed by atoms with Gasteiger partial charge < -0.3 is 9.64 Å². The number of ether oxygens (including phenoxy) is 1. The molecule has 1 fully saturated rings. The number of hydrazone groups is 1. The zero-order valence-corrected chi connectivity index (χ0v) is 16.3. The Bertz CT molecular complexity index is 1010. The molecule has 2 aliphatic heterocycles. The van der Waals surface area contributed by atoms with E-state index < -0.39 is 17.6 Å². The van der Waals surface area contributed by atoms with E-state index in [1.807, 2.05) is 24.3 Å². The second kappa shape index (κ2) is 7.95. The van der Waals surface area contributed by atoms with Crippen molar-refractivity contribution < 1.29 is 22.7 Å². The predicted octanol–water partition coefficient (Wildman–Crippen LogP) is 4.35. The molecule has 0 aliphatic carbocycles. The number of carbonyl (C=O) groups excluding carboxylic acids is 1. The van der Waals surface area contributed by atoms with Crippen LogP contribution >= 0.6 is 0 Å². The lowest BCUT2D eigenvalue weighted by molar-refractivity contribution is -0.137. The van der Waals surface area contributed by atoms with Gasteiger partial charge in [-0.15, -0.1) is 0 Å². The molecule has 0 radical (unpaired) electrons. The Morgan fingerprint density at radius 2 is 1.73 bits per heavy atom. The molecule has 2 heterocycles. The van der Waals surface area contributed by atoms with Gasteiger partial charge in [-0.3, -0.25) is 4.79 Å². The Labute approximate surface area is 172 Å². The molecule has 0 N–H and O–H groups in total. The highest BCUT2D eigenvalue weighted by molar-refractivity contribution is 6.32. The van der Waals surface area contributed by atoms with Gasteiger partial charge in [-0.2, -0.15) is 23.3 Å². The van der Waals surface area contributed by atoms with Crippen LogP contribution in [0.4, 0.5) is 24.5 Å². The van der Waals surface area contributed by atoms with E-state index in [0.29, 0.717) is 24.5 Å². The summed E-state index contributed by atoms with van der Waals surface area (Å²) >= 11 is 0. The highest BCUT2D eigenvalue weighted by Gasteiger charge is 2.33. The van der Waals surface area contributed by atoms with E-state index in [1.165, 1.54) is 12.1 Å². The number of nitrogens with zero attached hydrogens (tertiary/aromatic N) is 3. The Morgan fingerprint density at radius 1 is 1.03 bits per heavy atom. The Morgan fingerprint density at radius 3 is 2.40 bits per heavy atom. The third-order valence-corrected chi connectivity index (χ3v) is 5.06. The third kappa shape index (κ3) is 4.09. The van der Waals surface area contributed by atoms with Crippen LogP contribution in [0.1, 0.15) is 18.1 Å². The molecular weight excluding hydrogens is 395 g/mol. The van der Waals surface area contributed by atoms with Crippen molar-refractivity contribution in [2.45, 2.75) is 13.1 Å². The number of carbonyl (C=O) groups is 1. The lowest BCUT2D eigenvalue weighted by Gasteiger charge is -2.28. The zero-order chi connectivity index (χ0) is 21.3. The number of amides is 1. The van der Waals surface area contributed by atoms with E-state index in [0.717, 1.165) is 41.5 Å². The van der Waals surface area contributed by atoms with Gasteiger partial charge in [0.2, 0.25) is 0 Å². The minimum absolute atomic E-state index is 0.0836. The fourth-order valence-corrected chi connectivity index (χ4v) is 3.44. The average Bonchev–Trinajstić information content (AvgIpc) is 3.03. The van der Waals surface area contributed by atoms with Gasteiger partial charge in [0.05, 0.1) is 35.7 Å². The highest BCUT2D eigenvalue weighted by Crippen LogP contribution is 2.33. The van der Waals surface area contributed by atoms with Gasteiger partial charge in [0.1, 0.15) is 0 Å². The van der Waals surface area contributed by atoms with Gasteiger partial charge in [0.25, 0.3) is 5.91 Å². The lowest BCUT2D eigenvalue weighted by Crippen LogP contribution is -2.36. The quantitative estimate of drug-likeness (QED) is 0.701. The predicted molar refractivity (Wildman–Crippen MR) is 109 cm³/mol. The first-order chi connectivity index (χ1) is 14.3. The summed E-state index contributed by atoms with van der Waals surface area (Å²) in [7, 11) is 0. The summed E-state index contributed by atoms with van der Waals surface area (Å²) in [4.78, 5) is 15.1. The smallest absolute Gasteiger partial charge is 0.378 e. The lowest BCUT2D eigenvalue weighted by atomic mass is 10.1. The van der Waals surface area contributed by atoms with E-state index in [9.17, 15) is 18.0 Å². The molecule has 4 rings (SSSR count). The summed E-state index contributed by atoms with van der Waals surface area (Å²) in [5, 5.41) is 5.19. The van der Waals surface area contributed by atoms with E-state index in [4.69, 9.17) is 4.74 Å². The standard InChI is InChI=1S/C22H20F3N3O2/c1-15-20(13-16-5-7-18(8-6-16)27-9-11-30-12-10-27)21(29)28(26-15)19-4-2-3-17(14-19)22(23,24)25/h2-8,13-14H,9-12H2,1H3/b20-13-. The highest BCUT2D eigenvalue weighted by atomic mass is 19.4. The number of hydrogen-bond donors (Lipinski definition) is 0. The van der Waals surface area contributed by atoms with Gasteiger partial charge >= 0.3 is 6.18 Å². The van der Waals surface area contributed by atoms with Crippen molar-refractivity contribution in [3.63, 3.8) is 0 Å². The van der Waals surface area contributed by atoms with E-state index in [-0.39, 0.29) is 5.69 Å². The average molecular weight is 415 g/mol. The second-order valence-electron chi connectivity index (χ2n) is 7.10. The minimum Gasteiger partial charge on any atom is -0.378 e. The number of benzene rings is 2. The van der Waals surface area contributed by atoms with E-state index in [2.05, 4.69) is 10.0 Å². The van der Waals surface area contributed by atoms with Gasteiger partial charge in [-0.05, 0) is 48.9 Å². The molecule has 2 aromatic carbocycles.